The minimum Gasteiger partial charge on any atom is -0.303 e. The van der Waals surface area contributed by atoms with Crippen molar-refractivity contribution in [2.24, 2.45) is 0 Å². The minimum atomic E-state index is 0.726. The van der Waals surface area contributed by atoms with E-state index in [1.54, 1.807) is 0 Å². The van der Waals surface area contributed by atoms with E-state index in [1.165, 1.54) is 25.8 Å². The summed E-state index contributed by atoms with van der Waals surface area (Å²) >= 11 is 0. The second-order valence-electron chi connectivity index (χ2n) is 4.94. The number of likely N-dealkylation sites (N-methyl/N-ethyl adjacent to an activating group) is 1. The van der Waals surface area contributed by atoms with Crippen LogP contribution < -0.4 is 0 Å². The molecule has 0 aromatic heterocycles. The van der Waals surface area contributed by atoms with Crippen molar-refractivity contribution in [3.8, 4) is 0 Å². The third-order valence-electron chi connectivity index (χ3n) is 3.58. The van der Waals surface area contributed by atoms with Crippen molar-refractivity contribution in [2.75, 3.05) is 33.7 Å². The summed E-state index contributed by atoms with van der Waals surface area (Å²) in [5.74, 6) is 0. The Kier molecular flexibility index (Phi) is 24.8. The summed E-state index contributed by atoms with van der Waals surface area (Å²) in [4.78, 5) is 4.56. The quantitative estimate of drug-likeness (QED) is 0.608. The van der Waals surface area contributed by atoms with Gasteiger partial charge in [-0.2, -0.15) is 0 Å². The Morgan fingerprint density at radius 1 is 1.05 bits per heavy atom. The van der Waals surface area contributed by atoms with Crippen LogP contribution in [0, 0.1) is 0 Å². The molecule has 136 valence electrons. The molecule has 0 aromatic rings. The largest absolute Gasteiger partial charge is 0.303 e. The van der Waals surface area contributed by atoms with Gasteiger partial charge in [-0.1, -0.05) is 48.5 Å². The van der Waals surface area contributed by atoms with Crippen molar-refractivity contribution in [3.63, 3.8) is 0 Å². The van der Waals surface area contributed by atoms with E-state index in [9.17, 15) is 4.39 Å². The highest BCUT2D eigenvalue weighted by Crippen LogP contribution is 2.16. The van der Waals surface area contributed by atoms with Crippen molar-refractivity contribution in [2.45, 2.75) is 80.2 Å². The van der Waals surface area contributed by atoms with Crippen LogP contribution >= 0.6 is 0 Å². The van der Waals surface area contributed by atoms with Crippen molar-refractivity contribution in [3.05, 3.63) is 11.9 Å². The molecule has 2 fully saturated rings. The second-order valence-corrected chi connectivity index (χ2v) is 4.94. The minimum absolute atomic E-state index is 0.726. The molecular weight excluding hydrogens is 275 g/mol. The molecule has 0 N–H and O–H groups in total. The van der Waals surface area contributed by atoms with Gasteiger partial charge in [0, 0.05) is 19.1 Å². The van der Waals surface area contributed by atoms with Crippen LogP contribution in [0.2, 0.25) is 0 Å². The first kappa shape index (κ1) is 26.5. The zero-order valence-electron chi connectivity index (χ0n) is 16.9. The third kappa shape index (κ3) is 13.3. The molecule has 0 aliphatic carbocycles. The van der Waals surface area contributed by atoms with Crippen molar-refractivity contribution in [1.82, 2.24) is 9.80 Å². The van der Waals surface area contributed by atoms with Gasteiger partial charge in [0.2, 0.25) is 0 Å². The Balaban J connectivity index is -0.000000246. The number of likely N-dealkylation sites (tertiary alicyclic amines) is 2. The summed E-state index contributed by atoms with van der Waals surface area (Å²) < 4.78 is 11.7. The molecule has 0 bridgehead atoms. The maximum atomic E-state index is 11.7. The highest BCUT2D eigenvalue weighted by Gasteiger charge is 2.17. The van der Waals surface area contributed by atoms with Gasteiger partial charge >= 0.3 is 0 Å². The van der Waals surface area contributed by atoms with Crippen LogP contribution in [0.25, 0.3) is 0 Å². The molecule has 2 saturated heterocycles. The van der Waals surface area contributed by atoms with E-state index in [-0.39, 0.29) is 0 Å². The van der Waals surface area contributed by atoms with Crippen LogP contribution in [0.3, 0.4) is 0 Å². The normalized spacial score (nSPS) is 22.3. The predicted molar refractivity (Wildman–Crippen MR) is 101 cm³/mol. The summed E-state index contributed by atoms with van der Waals surface area (Å²) in [7, 11) is 4.22. The molecule has 1 atom stereocenters. The average molecular weight is 319 g/mol. The smallest absolute Gasteiger partial charge is 0.0872 e. The zero-order chi connectivity index (χ0) is 18.0. The van der Waals surface area contributed by atoms with E-state index < -0.39 is 0 Å². The lowest BCUT2D eigenvalue weighted by molar-refractivity contribution is 0.304. The van der Waals surface area contributed by atoms with Gasteiger partial charge in [-0.05, 0) is 51.9 Å². The number of hydrogen-bond donors (Lipinski definition) is 0. The van der Waals surface area contributed by atoms with Crippen molar-refractivity contribution < 1.29 is 4.39 Å². The molecule has 0 aromatic carbocycles. The van der Waals surface area contributed by atoms with Crippen molar-refractivity contribution >= 4 is 0 Å². The van der Waals surface area contributed by atoms with E-state index in [0.717, 1.165) is 37.5 Å². The van der Waals surface area contributed by atoms with E-state index in [1.807, 2.05) is 48.6 Å². The van der Waals surface area contributed by atoms with Gasteiger partial charge in [-0.25, -0.2) is 4.39 Å². The number of rotatable bonds is 1. The first-order valence-corrected chi connectivity index (χ1v) is 9.34. The number of hydrogen-bond acceptors (Lipinski definition) is 2. The summed E-state index contributed by atoms with van der Waals surface area (Å²) in [6, 6.07) is 0.898. The predicted octanol–water partition coefficient (Wildman–Crippen LogP) is 5.74. The molecule has 2 aliphatic heterocycles. The topological polar surface area (TPSA) is 6.48 Å². The van der Waals surface area contributed by atoms with Gasteiger partial charge in [0.05, 0.1) is 6.33 Å². The van der Waals surface area contributed by atoms with E-state index in [2.05, 4.69) is 23.8 Å². The average Bonchev–Trinajstić information content (AvgIpc) is 3.21. The van der Waals surface area contributed by atoms with Gasteiger partial charge in [0.15, 0.2) is 0 Å². The lowest BCUT2D eigenvalue weighted by Crippen LogP contribution is -2.23. The standard InChI is InChI=1S/C7H15N.C6H10FN.3C2H6/c1-3-7-5-4-6-8(7)2;1-8-3-2-6(4-7)5-8;3*1-2/h7H,3-6H2,1-2H3;4H,2-3,5H2,1H3;3*1-2H3/b;6-4+;;;. The fourth-order valence-corrected chi connectivity index (χ4v) is 2.42. The lowest BCUT2D eigenvalue weighted by Gasteiger charge is -2.16. The van der Waals surface area contributed by atoms with Crippen LogP contribution in [-0.2, 0) is 0 Å². The van der Waals surface area contributed by atoms with Gasteiger partial charge < -0.3 is 9.80 Å². The summed E-state index contributed by atoms with van der Waals surface area (Å²) in [6.07, 6.45) is 5.80. The number of halogens is 1. The Hall–Kier alpha value is -0.410. The Bertz CT molecular complexity index is 229. The monoisotopic (exact) mass is 318 g/mol. The van der Waals surface area contributed by atoms with Gasteiger partial charge in [0.25, 0.3) is 0 Å². The molecule has 0 spiro atoms. The zero-order valence-corrected chi connectivity index (χ0v) is 16.9. The maximum absolute atomic E-state index is 11.7. The van der Waals surface area contributed by atoms with E-state index >= 15 is 0 Å². The Morgan fingerprint density at radius 3 is 1.77 bits per heavy atom. The Morgan fingerprint density at radius 2 is 1.59 bits per heavy atom. The molecular formula is C19H43FN2. The molecule has 3 heteroatoms. The fraction of sp³-hybridized carbons (Fsp3) is 0.895. The summed E-state index contributed by atoms with van der Waals surface area (Å²) in [5.41, 5.74) is 0.924. The van der Waals surface area contributed by atoms with Crippen LogP contribution in [0.5, 0.6) is 0 Å². The first-order chi connectivity index (χ1) is 10.7. The number of nitrogens with zero attached hydrogens (tertiary/aromatic N) is 2. The first-order valence-electron chi connectivity index (χ1n) is 9.34. The van der Waals surface area contributed by atoms with Crippen LogP contribution in [-0.4, -0.2) is 49.6 Å². The molecule has 1 unspecified atom stereocenters. The molecule has 0 saturated carbocycles. The third-order valence-corrected chi connectivity index (χ3v) is 3.58. The van der Waals surface area contributed by atoms with E-state index in [4.69, 9.17) is 0 Å². The summed E-state index contributed by atoms with van der Waals surface area (Å²) in [5, 5.41) is 0. The molecule has 0 amide bonds. The van der Waals surface area contributed by atoms with Crippen LogP contribution in [0.4, 0.5) is 4.39 Å². The van der Waals surface area contributed by atoms with E-state index in [0.29, 0.717) is 0 Å². The molecule has 0 radical (unpaired) electrons. The lowest BCUT2D eigenvalue weighted by atomic mass is 10.2. The highest BCUT2D eigenvalue weighted by molar-refractivity contribution is 5.05. The molecule has 2 nitrogen and oxygen atoms in total. The maximum Gasteiger partial charge on any atom is 0.0872 e. The highest BCUT2D eigenvalue weighted by atomic mass is 19.1. The molecule has 22 heavy (non-hydrogen) atoms. The van der Waals surface area contributed by atoms with Crippen LogP contribution in [0.1, 0.15) is 74.1 Å². The van der Waals surface area contributed by atoms with Crippen LogP contribution in [0.15, 0.2) is 11.9 Å². The SMILES string of the molecule is CC.CC.CC.CCC1CCCN1C.CN1CC/C(=C\F)C1. The van der Waals surface area contributed by atoms with Gasteiger partial charge in [0.1, 0.15) is 0 Å². The Labute approximate surface area is 140 Å². The molecule has 2 aliphatic rings. The molecule has 2 heterocycles. The summed E-state index contributed by atoms with van der Waals surface area (Å²) in [6.45, 7) is 17.4. The van der Waals surface area contributed by atoms with Gasteiger partial charge in [-0.3, -0.25) is 0 Å². The second kappa shape index (κ2) is 20.6. The fourth-order valence-electron chi connectivity index (χ4n) is 2.42. The van der Waals surface area contributed by atoms with Gasteiger partial charge in [-0.15, -0.1) is 0 Å². The van der Waals surface area contributed by atoms with Crippen molar-refractivity contribution in [1.29, 1.82) is 0 Å². The molecule has 2 rings (SSSR count).